The number of hydrogen-bond acceptors (Lipinski definition) is 3. The zero-order valence-corrected chi connectivity index (χ0v) is 17.2. The Morgan fingerprint density at radius 2 is 1.60 bits per heavy atom. The van der Waals surface area contributed by atoms with Crippen LogP contribution in [0.4, 0.5) is 0 Å². The summed E-state index contributed by atoms with van der Waals surface area (Å²) in [6.45, 7) is 4.22. The summed E-state index contributed by atoms with van der Waals surface area (Å²) in [5.41, 5.74) is 1.62. The molecule has 2 amide bonds. The molecule has 0 saturated carbocycles. The van der Waals surface area contributed by atoms with Crippen molar-refractivity contribution in [1.82, 2.24) is 10.6 Å². The summed E-state index contributed by atoms with van der Waals surface area (Å²) in [5.74, 6) is 0.134. The predicted octanol–water partition coefficient (Wildman–Crippen LogP) is 4.95. The van der Waals surface area contributed by atoms with Crippen LogP contribution in [0.25, 0.3) is 6.08 Å². The first-order valence-electron chi connectivity index (χ1n) is 10.0. The molecule has 0 radical (unpaired) electrons. The first-order chi connectivity index (χ1) is 14.5. The fraction of sp³-hybridized carbons (Fsp3) is 0.200. The smallest absolute Gasteiger partial charge is 0.268 e. The van der Waals surface area contributed by atoms with Crippen molar-refractivity contribution in [1.29, 1.82) is 0 Å². The van der Waals surface area contributed by atoms with E-state index in [1.807, 2.05) is 36.4 Å². The standard InChI is InChI=1S/C25H26N2O3/c1-18(2)16-22(19-10-5-3-6-11-19)26-25(29)23(17-21-14-9-15-30-21)27-24(28)20-12-7-4-8-13-20/h3-15,17-18,22H,16H2,1-2H3,(H,26,29)(H,27,28)/b23-17-/t22-/m1/s1. The summed E-state index contributed by atoms with van der Waals surface area (Å²) in [6, 6.07) is 21.9. The van der Waals surface area contributed by atoms with Crippen LogP contribution in [-0.2, 0) is 4.79 Å². The van der Waals surface area contributed by atoms with Crippen LogP contribution in [0, 0.1) is 5.92 Å². The van der Waals surface area contributed by atoms with Crippen LogP contribution in [0.1, 0.15) is 48.0 Å². The third kappa shape index (κ3) is 5.95. The Balaban J connectivity index is 1.84. The maximum absolute atomic E-state index is 13.2. The number of hydrogen-bond donors (Lipinski definition) is 2. The minimum absolute atomic E-state index is 0.128. The zero-order chi connectivity index (χ0) is 21.3. The van der Waals surface area contributed by atoms with E-state index in [-0.39, 0.29) is 23.6 Å². The Bertz CT molecular complexity index is 978. The molecule has 30 heavy (non-hydrogen) atoms. The van der Waals surface area contributed by atoms with Crippen molar-refractivity contribution in [2.45, 2.75) is 26.3 Å². The third-order valence-corrected chi connectivity index (χ3v) is 4.57. The maximum Gasteiger partial charge on any atom is 0.268 e. The molecule has 5 heteroatoms. The average molecular weight is 402 g/mol. The quantitative estimate of drug-likeness (QED) is 0.524. The first kappa shape index (κ1) is 21.1. The van der Waals surface area contributed by atoms with Gasteiger partial charge in [-0.2, -0.15) is 0 Å². The lowest BCUT2D eigenvalue weighted by molar-refractivity contribution is -0.118. The highest BCUT2D eigenvalue weighted by Crippen LogP contribution is 2.21. The summed E-state index contributed by atoms with van der Waals surface area (Å²) in [6.07, 6.45) is 3.83. The van der Waals surface area contributed by atoms with Crippen molar-refractivity contribution >= 4 is 17.9 Å². The highest BCUT2D eigenvalue weighted by Gasteiger charge is 2.21. The van der Waals surface area contributed by atoms with Gasteiger partial charge in [-0.05, 0) is 42.2 Å². The molecule has 1 heterocycles. The molecule has 0 aliphatic rings. The Kier molecular flexibility index (Phi) is 7.22. The van der Waals surface area contributed by atoms with E-state index in [0.717, 1.165) is 12.0 Å². The Hall–Kier alpha value is -3.60. The molecule has 3 aromatic rings. The topological polar surface area (TPSA) is 71.3 Å². The molecule has 0 unspecified atom stereocenters. The van der Waals surface area contributed by atoms with Crippen molar-refractivity contribution in [3.05, 3.63) is 102 Å². The minimum atomic E-state index is -0.370. The van der Waals surface area contributed by atoms with Crippen molar-refractivity contribution in [2.75, 3.05) is 0 Å². The number of carbonyl (C=O) groups is 2. The largest absolute Gasteiger partial charge is 0.465 e. The van der Waals surface area contributed by atoms with E-state index < -0.39 is 0 Å². The molecule has 3 rings (SSSR count). The van der Waals surface area contributed by atoms with Crippen LogP contribution in [0.3, 0.4) is 0 Å². The van der Waals surface area contributed by atoms with E-state index in [4.69, 9.17) is 4.42 Å². The molecule has 154 valence electrons. The highest BCUT2D eigenvalue weighted by molar-refractivity contribution is 6.05. The van der Waals surface area contributed by atoms with Crippen LogP contribution < -0.4 is 10.6 Å². The summed E-state index contributed by atoms with van der Waals surface area (Å²) < 4.78 is 5.35. The number of rotatable bonds is 8. The summed E-state index contributed by atoms with van der Waals surface area (Å²) in [5, 5.41) is 5.80. The van der Waals surface area contributed by atoms with E-state index in [9.17, 15) is 9.59 Å². The summed E-state index contributed by atoms with van der Waals surface area (Å²) in [4.78, 5) is 25.8. The monoisotopic (exact) mass is 402 g/mol. The van der Waals surface area contributed by atoms with E-state index in [1.54, 1.807) is 36.4 Å². The fourth-order valence-corrected chi connectivity index (χ4v) is 3.13. The molecule has 5 nitrogen and oxygen atoms in total. The molecule has 1 aromatic heterocycles. The Morgan fingerprint density at radius 3 is 2.20 bits per heavy atom. The normalized spacial score (nSPS) is 12.4. The predicted molar refractivity (Wildman–Crippen MR) is 117 cm³/mol. The van der Waals surface area contributed by atoms with Gasteiger partial charge >= 0.3 is 0 Å². The van der Waals surface area contributed by atoms with Gasteiger partial charge in [0.2, 0.25) is 0 Å². The zero-order valence-electron chi connectivity index (χ0n) is 17.2. The molecule has 2 aromatic carbocycles. The van der Waals surface area contributed by atoms with Gasteiger partial charge in [-0.3, -0.25) is 9.59 Å². The number of carbonyl (C=O) groups excluding carboxylic acids is 2. The number of furan rings is 1. The summed E-state index contributed by atoms with van der Waals surface area (Å²) >= 11 is 0. The van der Waals surface area contributed by atoms with Gasteiger partial charge < -0.3 is 15.1 Å². The average Bonchev–Trinajstić information content (AvgIpc) is 3.27. The molecular formula is C25H26N2O3. The van der Waals surface area contributed by atoms with Crippen molar-refractivity contribution in [2.24, 2.45) is 5.92 Å². The molecule has 0 saturated heterocycles. The van der Waals surface area contributed by atoms with Crippen LogP contribution in [0.15, 0.2) is 89.2 Å². The van der Waals surface area contributed by atoms with Crippen molar-refractivity contribution in [3.8, 4) is 0 Å². The second-order valence-corrected chi connectivity index (χ2v) is 7.46. The molecule has 0 bridgehead atoms. The van der Waals surface area contributed by atoms with Crippen LogP contribution >= 0.6 is 0 Å². The van der Waals surface area contributed by atoms with Crippen LogP contribution in [0.5, 0.6) is 0 Å². The van der Waals surface area contributed by atoms with E-state index in [0.29, 0.717) is 17.2 Å². The first-order valence-corrected chi connectivity index (χ1v) is 10.0. The van der Waals surface area contributed by atoms with Gasteiger partial charge in [0.05, 0.1) is 12.3 Å². The minimum Gasteiger partial charge on any atom is -0.465 e. The van der Waals surface area contributed by atoms with Gasteiger partial charge in [0.25, 0.3) is 11.8 Å². The molecule has 1 atom stereocenters. The lowest BCUT2D eigenvalue weighted by Crippen LogP contribution is -2.37. The molecule has 0 aliphatic heterocycles. The van der Waals surface area contributed by atoms with Crippen molar-refractivity contribution in [3.63, 3.8) is 0 Å². The number of benzene rings is 2. The van der Waals surface area contributed by atoms with Gasteiger partial charge in [-0.15, -0.1) is 0 Å². The second kappa shape index (κ2) is 10.3. The Morgan fingerprint density at radius 1 is 0.933 bits per heavy atom. The van der Waals surface area contributed by atoms with Crippen molar-refractivity contribution < 1.29 is 14.0 Å². The van der Waals surface area contributed by atoms with Gasteiger partial charge in [0.15, 0.2) is 0 Å². The lowest BCUT2D eigenvalue weighted by Gasteiger charge is -2.22. The SMILES string of the molecule is CC(C)C[C@@H](NC(=O)/C(=C/c1ccco1)NC(=O)c1ccccc1)c1ccccc1. The highest BCUT2D eigenvalue weighted by atomic mass is 16.3. The molecule has 0 aliphatic carbocycles. The molecule has 0 spiro atoms. The van der Waals surface area contributed by atoms with E-state index in [2.05, 4.69) is 24.5 Å². The van der Waals surface area contributed by atoms with Crippen LogP contribution in [0.2, 0.25) is 0 Å². The van der Waals surface area contributed by atoms with Gasteiger partial charge in [0, 0.05) is 11.6 Å². The Labute approximate surface area is 176 Å². The van der Waals surface area contributed by atoms with E-state index >= 15 is 0 Å². The maximum atomic E-state index is 13.2. The second-order valence-electron chi connectivity index (χ2n) is 7.46. The summed E-state index contributed by atoms with van der Waals surface area (Å²) in [7, 11) is 0. The van der Waals surface area contributed by atoms with Gasteiger partial charge in [-0.1, -0.05) is 62.4 Å². The number of nitrogens with one attached hydrogen (secondary N) is 2. The van der Waals surface area contributed by atoms with E-state index in [1.165, 1.54) is 12.3 Å². The fourth-order valence-electron chi connectivity index (χ4n) is 3.13. The lowest BCUT2D eigenvalue weighted by atomic mass is 9.97. The van der Waals surface area contributed by atoms with Gasteiger partial charge in [-0.25, -0.2) is 0 Å². The molecular weight excluding hydrogens is 376 g/mol. The van der Waals surface area contributed by atoms with Crippen LogP contribution in [-0.4, -0.2) is 11.8 Å². The number of amides is 2. The molecule has 0 fully saturated rings. The molecule has 2 N–H and O–H groups in total. The third-order valence-electron chi connectivity index (χ3n) is 4.57. The van der Waals surface area contributed by atoms with Gasteiger partial charge in [0.1, 0.15) is 11.5 Å².